The molecule has 2 aliphatic carbocycles. The standard InChI is InChI=1S/C13H20O4/c1-8(14)2-7-13(16)17-12-6-4-9-10(12)3-5-11(9)15/h9-12,14-15H,1-7H2/t9-,10-,11-,12-/m0/s1. The Labute approximate surface area is 101 Å². The van der Waals surface area contributed by atoms with E-state index < -0.39 is 0 Å². The van der Waals surface area contributed by atoms with E-state index in [4.69, 9.17) is 9.84 Å². The molecule has 2 rings (SSSR count). The fourth-order valence-corrected chi connectivity index (χ4v) is 3.14. The van der Waals surface area contributed by atoms with Gasteiger partial charge >= 0.3 is 5.97 Å². The van der Waals surface area contributed by atoms with Crippen LogP contribution in [0.5, 0.6) is 0 Å². The monoisotopic (exact) mass is 240 g/mol. The molecule has 2 aliphatic rings. The van der Waals surface area contributed by atoms with Gasteiger partial charge in [-0.25, -0.2) is 0 Å². The Bertz CT molecular complexity index is 313. The van der Waals surface area contributed by atoms with Crippen LogP contribution in [0.25, 0.3) is 0 Å². The minimum absolute atomic E-state index is 0.0162. The maximum atomic E-state index is 11.5. The van der Waals surface area contributed by atoms with Crippen molar-refractivity contribution in [1.82, 2.24) is 0 Å². The molecule has 0 aromatic heterocycles. The SMILES string of the molecule is C=C(O)CCC(=O)O[C@H]1CC[C@H]2[C@@H]1CC[C@@H]2O. The lowest BCUT2D eigenvalue weighted by molar-refractivity contribution is -0.151. The summed E-state index contributed by atoms with van der Waals surface area (Å²) in [6.07, 6.45) is 3.81. The van der Waals surface area contributed by atoms with Crippen molar-refractivity contribution in [3.63, 3.8) is 0 Å². The first-order valence-electron chi connectivity index (χ1n) is 6.32. The Balaban J connectivity index is 1.80. The van der Waals surface area contributed by atoms with E-state index >= 15 is 0 Å². The molecular formula is C13H20O4. The highest BCUT2D eigenvalue weighted by molar-refractivity contribution is 5.69. The third-order valence-corrected chi connectivity index (χ3v) is 4.00. The Morgan fingerprint density at radius 2 is 1.88 bits per heavy atom. The number of carbonyl (C=O) groups excluding carboxylic acids is 1. The minimum atomic E-state index is -0.271. The molecule has 0 radical (unpaired) electrons. The van der Waals surface area contributed by atoms with Crippen LogP contribution in [0.1, 0.15) is 38.5 Å². The molecule has 0 aromatic rings. The van der Waals surface area contributed by atoms with Crippen molar-refractivity contribution in [3.8, 4) is 0 Å². The van der Waals surface area contributed by atoms with Gasteiger partial charge in [0, 0.05) is 12.3 Å². The largest absolute Gasteiger partial charge is 0.513 e. The number of hydrogen-bond acceptors (Lipinski definition) is 4. The Morgan fingerprint density at radius 1 is 1.18 bits per heavy atom. The number of ether oxygens (including phenoxy) is 1. The average molecular weight is 240 g/mol. The molecule has 4 heteroatoms. The number of rotatable bonds is 4. The number of aliphatic hydroxyl groups is 2. The third-order valence-electron chi connectivity index (χ3n) is 4.00. The molecule has 96 valence electrons. The van der Waals surface area contributed by atoms with Gasteiger partial charge in [0.2, 0.25) is 0 Å². The molecule has 0 aliphatic heterocycles. The first kappa shape index (κ1) is 12.4. The van der Waals surface area contributed by atoms with Crippen molar-refractivity contribution in [3.05, 3.63) is 12.3 Å². The fourth-order valence-electron chi connectivity index (χ4n) is 3.14. The van der Waals surface area contributed by atoms with Crippen LogP contribution in [0.2, 0.25) is 0 Å². The van der Waals surface area contributed by atoms with Crippen LogP contribution >= 0.6 is 0 Å². The summed E-state index contributed by atoms with van der Waals surface area (Å²) in [6.45, 7) is 3.34. The van der Waals surface area contributed by atoms with Gasteiger partial charge in [-0.15, -0.1) is 0 Å². The molecular weight excluding hydrogens is 220 g/mol. The molecule has 0 bridgehead atoms. The van der Waals surface area contributed by atoms with Crippen LogP contribution in [0, 0.1) is 11.8 Å². The number of hydrogen-bond donors (Lipinski definition) is 2. The summed E-state index contributed by atoms with van der Waals surface area (Å²) >= 11 is 0. The van der Waals surface area contributed by atoms with E-state index in [-0.39, 0.29) is 36.8 Å². The first-order valence-corrected chi connectivity index (χ1v) is 6.32. The summed E-state index contributed by atoms with van der Waals surface area (Å²) in [5.41, 5.74) is 0. The predicted octanol–water partition coefficient (Wildman–Crippen LogP) is 1.93. The van der Waals surface area contributed by atoms with Gasteiger partial charge in [-0.05, 0) is 31.6 Å². The van der Waals surface area contributed by atoms with Crippen LogP contribution in [-0.2, 0) is 9.53 Å². The number of allylic oxidation sites excluding steroid dienone is 1. The van der Waals surface area contributed by atoms with E-state index in [1.807, 2.05) is 0 Å². The minimum Gasteiger partial charge on any atom is -0.513 e. The van der Waals surface area contributed by atoms with E-state index in [0.717, 1.165) is 25.7 Å². The fraction of sp³-hybridized carbons (Fsp3) is 0.769. The summed E-state index contributed by atoms with van der Waals surface area (Å²) in [5, 5.41) is 18.7. The van der Waals surface area contributed by atoms with Crippen molar-refractivity contribution >= 4 is 5.97 Å². The highest BCUT2D eigenvalue weighted by Crippen LogP contribution is 2.45. The molecule has 0 aromatic carbocycles. The maximum absolute atomic E-state index is 11.5. The molecule has 4 atom stereocenters. The summed E-state index contributed by atoms with van der Waals surface area (Å²) in [5.74, 6) is 0.404. The maximum Gasteiger partial charge on any atom is 0.306 e. The highest BCUT2D eigenvalue weighted by Gasteiger charge is 2.45. The summed E-state index contributed by atoms with van der Waals surface area (Å²) in [6, 6.07) is 0. The van der Waals surface area contributed by atoms with Gasteiger partial charge in [0.25, 0.3) is 0 Å². The van der Waals surface area contributed by atoms with Crippen LogP contribution in [0.15, 0.2) is 12.3 Å². The second-order valence-corrected chi connectivity index (χ2v) is 5.14. The Hall–Kier alpha value is -1.03. The zero-order chi connectivity index (χ0) is 12.4. The zero-order valence-electron chi connectivity index (χ0n) is 9.97. The Kier molecular flexibility index (Phi) is 3.72. The van der Waals surface area contributed by atoms with Gasteiger partial charge in [0.1, 0.15) is 6.10 Å². The lowest BCUT2D eigenvalue weighted by atomic mass is 9.98. The van der Waals surface area contributed by atoms with Crippen LogP contribution in [-0.4, -0.2) is 28.4 Å². The van der Waals surface area contributed by atoms with Crippen molar-refractivity contribution in [2.45, 2.75) is 50.7 Å². The van der Waals surface area contributed by atoms with E-state index in [2.05, 4.69) is 6.58 Å². The normalized spacial score (nSPS) is 35.6. The quantitative estimate of drug-likeness (QED) is 0.582. The first-order chi connectivity index (χ1) is 8.08. The molecule has 0 amide bonds. The van der Waals surface area contributed by atoms with Gasteiger partial charge in [0.15, 0.2) is 0 Å². The van der Waals surface area contributed by atoms with Crippen molar-refractivity contribution < 1.29 is 19.7 Å². The summed E-state index contributed by atoms with van der Waals surface area (Å²) in [7, 11) is 0. The van der Waals surface area contributed by atoms with E-state index in [9.17, 15) is 9.90 Å². The third kappa shape index (κ3) is 2.80. The van der Waals surface area contributed by atoms with Gasteiger partial charge in [0.05, 0.1) is 18.3 Å². The number of carbonyl (C=O) groups is 1. The number of fused-ring (bicyclic) bond motifs is 1. The molecule has 0 heterocycles. The van der Waals surface area contributed by atoms with Crippen LogP contribution < -0.4 is 0 Å². The predicted molar refractivity (Wildman–Crippen MR) is 62.3 cm³/mol. The second kappa shape index (κ2) is 5.08. The highest BCUT2D eigenvalue weighted by atomic mass is 16.5. The molecule has 2 saturated carbocycles. The molecule has 0 unspecified atom stereocenters. The smallest absolute Gasteiger partial charge is 0.306 e. The molecule has 2 N–H and O–H groups in total. The molecule has 0 saturated heterocycles. The van der Waals surface area contributed by atoms with E-state index in [1.54, 1.807) is 0 Å². The Morgan fingerprint density at radius 3 is 2.59 bits per heavy atom. The van der Waals surface area contributed by atoms with Crippen molar-refractivity contribution in [1.29, 1.82) is 0 Å². The molecule has 4 nitrogen and oxygen atoms in total. The second-order valence-electron chi connectivity index (χ2n) is 5.14. The van der Waals surface area contributed by atoms with Gasteiger partial charge < -0.3 is 14.9 Å². The van der Waals surface area contributed by atoms with Crippen LogP contribution in [0.3, 0.4) is 0 Å². The number of aliphatic hydroxyl groups excluding tert-OH is 2. The molecule has 0 spiro atoms. The summed E-state index contributed by atoms with van der Waals surface area (Å²) < 4.78 is 5.42. The average Bonchev–Trinajstić information content (AvgIpc) is 2.81. The lowest BCUT2D eigenvalue weighted by Crippen LogP contribution is -2.24. The van der Waals surface area contributed by atoms with Gasteiger partial charge in [-0.3, -0.25) is 4.79 Å². The molecule has 2 fully saturated rings. The van der Waals surface area contributed by atoms with Crippen LogP contribution in [0.4, 0.5) is 0 Å². The van der Waals surface area contributed by atoms with E-state index in [1.165, 1.54) is 0 Å². The zero-order valence-corrected chi connectivity index (χ0v) is 9.97. The lowest BCUT2D eigenvalue weighted by Gasteiger charge is -2.19. The van der Waals surface area contributed by atoms with Gasteiger partial charge in [-0.1, -0.05) is 6.58 Å². The molecule has 17 heavy (non-hydrogen) atoms. The van der Waals surface area contributed by atoms with E-state index in [0.29, 0.717) is 11.8 Å². The summed E-state index contributed by atoms with van der Waals surface area (Å²) in [4.78, 5) is 11.5. The van der Waals surface area contributed by atoms with Crippen molar-refractivity contribution in [2.75, 3.05) is 0 Å². The number of esters is 1. The van der Waals surface area contributed by atoms with Gasteiger partial charge in [-0.2, -0.15) is 0 Å². The van der Waals surface area contributed by atoms with Crippen molar-refractivity contribution in [2.24, 2.45) is 11.8 Å². The topological polar surface area (TPSA) is 66.8 Å².